The minimum Gasteiger partial charge on any atom is -0.316 e. The predicted octanol–water partition coefficient (Wildman–Crippen LogP) is 2.46. The Kier molecular flexibility index (Phi) is 6.14. The molecule has 1 saturated heterocycles. The Balaban J connectivity index is 1.65. The Bertz CT molecular complexity index is 457. The lowest BCUT2D eigenvalue weighted by Crippen LogP contribution is -2.31. The molecule has 1 aliphatic rings. The van der Waals surface area contributed by atoms with E-state index < -0.39 is 0 Å². The summed E-state index contributed by atoms with van der Waals surface area (Å²) < 4.78 is 0. The summed E-state index contributed by atoms with van der Waals surface area (Å²) in [6.45, 7) is 4.23. The Hall–Kier alpha value is -1.46. The quantitative estimate of drug-likeness (QED) is 0.476. The average Bonchev–Trinajstić information content (AvgIpc) is 2.49. The van der Waals surface area contributed by atoms with Gasteiger partial charge in [-0.1, -0.05) is 18.2 Å². The van der Waals surface area contributed by atoms with Crippen LogP contribution in [0.25, 0.3) is 0 Å². The maximum Gasteiger partial charge on any atom is 0.272 e. The molecule has 1 aliphatic heterocycles. The number of nitrogens with one attached hydrogen (secondary N) is 1. The molecule has 0 saturated carbocycles. The smallest absolute Gasteiger partial charge is 0.272 e. The van der Waals surface area contributed by atoms with Gasteiger partial charge in [0.25, 0.3) is 5.69 Å². The summed E-state index contributed by atoms with van der Waals surface area (Å²) in [5.74, 6) is 0.833. The van der Waals surface area contributed by atoms with Crippen molar-refractivity contribution in [2.75, 3.05) is 33.2 Å². The zero-order chi connectivity index (χ0) is 15.1. The highest BCUT2D eigenvalue weighted by Gasteiger charge is 2.16. The van der Waals surface area contributed by atoms with Gasteiger partial charge in [0, 0.05) is 11.6 Å². The SMILES string of the molecule is CN1CCC(CCNCCc2ccccc2[N+](=O)[O-])CC1. The molecule has 5 heteroatoms. The molecule has 0 aliphatic carbocycles. The van der Waals surface area contributed by atoms with Crippen molar-refractivity contribution >= 4 is 5.69 Å². The van der Waals surface area contributed by atoms with Gasteiger partial charge < -0.3 is 10.2 Å². The Morgan fingerprint density at radius 2 is 2.00 bits per heavy atom. The van der Waals surface area contributed by atoms with Crippen molar-refractivity contribution in [3.8, 4) is 0 Å². The zero-order valence-corrected chi connectivity index (χ0v) is 12.8. The summed E-state index contributed by atoms with van der Waals surface area (Å²) in [4.78, 5) is 13.0. The van der Waals surface area contributed by atoms with Gasteiger partial charge in [0.1, 0.15) is 0 Å². The van der Waals surface area contributed by atoms with E-state index in [1.807, 2.05) is 12.1 Å². The van der Waals surface area contributed by atoms with E-state index in [9.17, 15) is 10.1 Å². The van der Waals surface area contributed by atoms with E-state index in [1.165, 1.54) is 32.4 Å². The molecule has 0 spiro atoms. The van der Waals surface area contributed by atoms with Crippen LogP contribution in [0.2, 0.25) is 0 Å². The van der Waals surface area contributed by atoms with E-state index in [0.717, 1.165) is 24.6 Å². The number of nitrogens with zero attached hydrogens (tertiary/aromatic N) is 2. The number of rotatable bonds is 7. The molecular weight excluding hydrogens is 266 g/mol. The van der Waals surface area contributed by atoms with E-state index in [2.05, 4.69) is 17.3 Å². The molecule has 0 atom stereocenters. The van der Waals surface area contributed by atoms with Gasteiger partial charge in [0.05, 0.1) is 4.92 Å². The van der Waals surface area contributed by atoms with Gasteiger partial charge in [-0.3, -0.25) is 10.1 Å². The topological polar surface area (TPSA) is 58.4 Å². The standard InChI is InChI=1S/C16H25N3O2/c1-18-12-8-14(9-13-18)6-10-17-11-7-15-4-2-3-5-16(15)19(20)21/h2-5,14,17H,6-13H2,1H3. The highest BCUT2D eigenvalue weighted by atomic mass is 16.6. The van der Waals surface area contributed by atoms with Crippen LogP contribution in [0.1, 0.15) is 24.8 Å². The van der Waals surface area contributed by atoms with Crippen LogP contribution in [0.15, 0.2) is 24.3 Å². The van der Waals surface area contributed by atoms with Crippen molar-refractivity contribution in [1.82, 2.24) is 10.2 Å². The van der Waals surface area contributed by atoms with Crippen LogP contribution in [-0.4, -0.2) is 43.0 Å². The molecule has 1 heterocycles. The molecule has 1 aromatic carbocycles. The van der Waals surface area contributed by atoms with Crippen molar-refractivity contribution in [2.45, 2.75) is 25.7 Å². The number of hydrogen-bond acceptors (Lipinski definition) is 4. The first-order valence-corrected chi connectivity index (χ1v) is 7.78. The number of benzene rings is 1. The lowest BCUT2D eigenvalue weighted by molar-refractivity contribution is -0.385. The van der Waals surface area contributed by atoms with Crippen LogP contribution in [0.5, 0.6) is 0 Å². The van der Waals surface area contributed by atoms with E-state index in [4.69, 9.17) is 0 Å². The van der Waals surface area contributed by atoms with Gasteiger partial charge in [-0.25, -0.2) is 0 Å². The van der Waals surface area contributed by atoms with Crippen LogP contribution < -0.4 is 5.32 Å². The molecule has 0 amide bonds. The number of nitro benzene ring substituents is 1. The van der Waals surface area contributed by atoms with E-state index >= 15 is 0 Å². The number of nitro groups is 1. The van der Waals surface area contributed by atoms with E-state index in [0.29, 0.717) is 6.42 Å². The third-order valence-electron chi connectivity index (χ3n) is 4.33. The molecule has 2 rings (SSSR count). The van der Waals surface area contributed by atoms with Crippen molar-refractivity contribution < 1.29 is 4.92 Å². The second-order valence-electron chi connectivity index (χ2n) is 5.92. The summed E-state index contributed by atoms with van der Waals surface area (Å²) in [7, 11) is 2.18. The maximum atomic E-state index is 10.9. The lowest BCUT2D eigenvalue weighted by atomic mass is 9.94. The highest BCUT2D eigenvalue weighted by molar-refractivity contribution is 5.39. The third-order valence-corrected chi connectivity index (χ3v) is 4.33. The first kappa shape index (κ1) is 15.9. The summed E-state index contributed by atoms with van der Waals surface area (Å²) in [5, 5.41) is 14.3. The molecule has 0 radical (unpaired) electrons. The number of para-hydroxylation sites is 1. The van der Waals surface area contributed by atoms with Crippen LogP contribution >= 0.6 is 0 Å². The zero-order valence-electron chi connectivity index (χ0n) is 12.8. The van der Waals surface area contributed by atoms with Crippen molar-refractivity contribution in [1.29, 1.82) is 0 Å². The normalized spacial score (nSPS) is 17.0. The fraction of sp³-hybridized carbons (Fsp3) is 0.625. The maximum absolute atomic E-state index is 10.9. The first-order chi connectivity index (χ1) is 10.2. The second-order valence-corrected chi connectivity index (χ2v) is 5.92. The molecule has 0 unspecified atom stereocenters. The van der Waals surface area contributed by atoms with Crippen LogP contribution in [0, 0.1) is 16.0 Å². The van der Waals surface area contributed by atoms with Gasteiger partial charge in [-0.05, 0) is 64.8 Å². The van der Waals surface area contributed by atoms with Gasteiger partial charge in [0.15, 0.2) is 0 Å². The Morgan fingerprint density at radius 3 is 2.71 bits per heavy atom. The van der Waals surface area contributed by atoms with Crippen molar-refractivity contribution in [3.05, 3.63) is 39.9 Å². The predicted molar refractivity (Wildman–Crippen MR) is 84.5 cm³/mol. The molecule has 0 bridgehead atoms. The molecule has 0 aromatic heterocycles. The summed E-state index contributed by atoms with van der Waals surface area (Å²) in [6, 6.07) is 7.00. The number of likely N-dealkylation sites (tertiary alicyclic amines) is 1. The summed E-state index contributed by atoms with van der Waals surface area (Å²) in [5.41, 5.74) is 1.05. The fourth-order valence-corrected chi connectivity index (χ4v) is 2.91. The van der Waals surface area contributed by atoms with Crippen LogP contribution in [-0.2, 0) is 6.42 Å². The Morgan fingerprint density at radius 1 is 1.29 bits per heavy atom. The Labute approximate surface area is 126 Å². The van der Waals surface area contributed by atoms with Crippen LogP contribution in [0.4, 0.5) is 5.69 Å². The summed E-state index contributed by atoms with van der Waals surface area (Å²) >= 11 is 0. The molecule has 1 N–H and O–H groups in total. The van der Waals surface area contributed by atoms with E-state index in [-0.39, 0.29) is 10.6 Å². The number of hydrogen-bond donors (Lipinski definition) is 1. The first-order valence-electron chi connectivity index (χ1n) is 7.78. The van der Waals surface area contributed by atoms with Gasteiger partial charge >= 0.3 is 0 Å². The third kappa shape index (κ3) is 5.10. The molecule has 1 fully saturated rings. The van der Waals surface area contributed by atoms with Crippen molar-refractivity contribution in [2.24, 2.45) is 5.92 Å². The van der Waals surface area contributed by atoms with Gasteiger partial charge in [-0.2, -0.15) is 0 Å². The van der Waals surface area contributed by atoms with Crippen molar-refractivity contribution in [3.63, 3.8) is 0 Å². The largest absolute Gasteiger partial charge is 0.316 e. The number of piperidine rings is 1. The van der Waals surface area contributed by atoms with Crippen LogP contribution in [0.3, 0.4) is 0 Å². The molecule has 116 valence electrons. The molecule has 5 nitrogen and oxygen atoms in total. The minimum absolute atomic E-state index is 0.231. The summed E-state index contributed by atoms with van der Waals surface area (Å²) in [6.07, 6.45) is 4.51. The molecule has 21 heavy (non-hydrogen) atoms. The fourth-order valence-electron chi connectivity index (χ4n) is 2.91. The molecular formula is C16H25N3O2. The minimum atomic E-state index is -0.298. The molecule has 1 aromatic rings. The lowest BCUT2D eigenvalue weighted by Gasteiger charge is -2.28. The average molecular weight is 291 g/mol. The highest BCUT2D eigenvalue weighted by Crippen LogP contribution is 2.19. The van der Waals surface area contributed by atoms with Gasteiger partial charge in [0.2, 0.25) is 0 Å². The monoisotopic (exact) mass is 291 g/mol. The second kappa shape index (κ2) is 8.10. The van der Waals surface area contributed by atoms with Gasteiger partial charge in [-0.15, -0.1) is 0 Å². The van der Waals surface area contributed by atoms with E-state index in [1.54, 1.807) is 12.1 Å².